The Labute approximate surface area is 96.6 Å². The Morgan fingerprint density at radius 2 is 2.12 bits per heavy atom. The van der Waals surface area contributed by atoms with Crippen LogP contribution in [0, 0.1) is 11.8 Å². The maximum atomic E-state index is 5.51. The van der Waals surface area contributed by atoms with Gasteiger partial charge in [0.25, 0.3) is 0 Å². The topological polar surface area (TPSA) is 18.5 Å². The summed E-state index contributed by atoms with van der Waals surface area (Å²) in [6.07, 6.45) is 3.29. The van der Waals surface area contributed by atoms with E-state index in [1.54, 1.807) is 0 Å². The molecule has 1 aromatic rings. The van der Waals surface area contributed by atoms with Gasteiger partial charge >= 0.3 is 0 Å². The highest BCUT2D eigenvalue weighted by Crippen LogP contribution is 2.13. The van der Waals surface area contributed by atoms with Gasteiger partial charge in [-0.25, -0.2) is 0 Å². The Kier molecular flexibility index (Phi) is 4.42. The minimum atomic E-state index is -0.0428. The van der Waals surface area contributed by atoms with Crippen molar-refractivity contribution in [3.8, 4) is 11.8 Å². The minimum absolute atomic E-state index is 0.0428. The number of hydrogen-bond donors (Lipinski definition) is 0. The van der Waals surface area contributed by atoms with Gasteiger partial charge in [-0.05, 0) is 31.4 Å². The van der Waals surface area contributed by atoms with E-state index in [-0.39, 0.29) is 6.29 Å². The van der Waals surface area contributed by atoms with Gasteiger partial charge in [0.2, 0.25) is 0 Å². The molecule has 0 radical (unpaired) electrons. The average molecular weight is 216 g/mol. The van der Waals surface area contributed by atoms with Gasteiger partial charge in [0.05, 0.1) is 0 Å². The second-order valence-electron chi connectivity index (χ2n) is 3.77. The van der Waals surface area contributed by atoms with E-state index in [4.69, 9.17) is 9.47 Å². The number of ether oxygens (including phenoxy) is 2. The van der Waals surface area contributed by atoms with Crippen LogP contribution in [-0.2, 0) is 9.47 Å². The van der Waals surface area contributed by atoms with Crippen LogP contribution in [-0.4, -0.2) is 19.5 Å². The van der Waals surface area contributed by atoms with E-state index >= 15 is 0 Å². The molecule has 0 saturated carbocycles. The molecule has 1 atom stereocenters. The maximum absolute atomic E-state index is 5.51. The summed E-state index contributed by atoms with van der Waals surface area (Å²) < 4.78 is 10.9. The molecule has 0 aliphatic carbocycles. The summed E-state index contributed by atoms with van der Waals surface area (Å²) in [5, 5.41) is 0. The average Bonchev–Trinajstić information content (AvgIpc) is 2.37. The van der Waals surface area contributed by atoms with Gasteiger partial charge in [0, 0.05) is 12.2 Å². The van der Waals surface area contributed by atoms with Gasteiger partial charge in [-0.3, -0.25) is 0 Å². The predicted molar refractivity (Wildman–Crippen MR) is 62.9 cm³/mol. The molecule has 1 aliphatic heterocycles. The van der Waals surface area contributed by atoms with Crippen LogP contribution in [0.4, 0.5) is 0 Å². The summed E-state index contributed by atoms with van der Waals surface area (Å²) in [4.78, 5) is 0. The highest BCUT2D eigenvalue weighted by molar-refractivity contribution is 5.33. The molecule has 0 amide bonds. The van der Waals surface area contributed by atoms with Crippen LogP contribution in [0.3, 0.4) is 0 Å². The molecule has 2 rings (SSSR count). The van der Waals surface area contributed by atoms with E-state index in [9.17, 15) is 0 Å². The maximum Gasteiger partial charge on any atom is 0.158 e. The van der Waals surface area contributed by atoms with E-state index in [0.717, 1.165) is 25.0 Å². The van der Waals surface area contributed by atoms with Crippen LogP contribution in [0.15, 0.2) is 30.3 Å². The monoisotopic (exact) mass is 216 g/mol. The molecular formula is C14H16O2. The van der Waals surface area contributed by atoms with E-state index in [2.05, 4.69) is 11.8 Å². The molecule has 84 valence electrons. The van der Waals surface area contributed by atoms with Crippen molar-refractivity contribution in [1.29, 1.82) is 0 Å². The molecule has 0 N–H and O–H groups in total. The molecule has 1 unspecified atom stereocenters. The predicted octanol–water partition coefficient (Wildman–Crippen LogP) is 2.58. The van der Waals surface area contributed by atoms with Crippen molar-refractivity contribution in [1.82, 2.24) is 0 Å². The van der Waals surface area contributed by atoms with Crippen molar-refractivity contribution >= 4 is 0 Å². The number of benzene rings is 1. The fourth-order valence-electron chi connectivity index (χ4n) is 1.64. The Morgan fingerprint density at radius 1 is 1.25 bits per heavy atom. The molecule has 2 heteroatoms. The van der Waals surface area contributed by atoms with Crippen LogP contribution < -0.4 is 0 Å². The molecule has 1 aliphatic rings. The van der Waals surface area contributed by atoms with Crippen LogP contribution in [0.1, 0.15) is 24.8 Å². The Morgan fingerprint density at radius 3 is 2.88 bits per heavy atom. The molecule has 16 heavy (non-hydrogen) atoms. The fraction of sp³-hybridized carbons (Fsp3) is 0.429. The highest BCUT2D eigenvalue weighted by Gasteiger charge is 2.12. The summed E-state index contributed by atoms with van der Waals surface area (Å²) in [5.74, 6) is 6.05. The zero-order chi connectivity index (χ0) is 11.1. The van der Waals surface area contributed by atoms with Crippen LogP contribution >= 0.6 is 0 Å². The lowest BCUT2D eigenvalue weighted by atomic mass is 10.2. The Hall–Kier alpha value is -1.30. The summed E-state index contributed by atoms with van der Waals surface area (Å²) in [7, 11) is 0. The molecular weight excluding hydrogens is 200 g/mol. The lowest BCUT2D eigenvalue weighted by Crippen LogP contribution is -2.22. The minimum Gasteiger partial charge on any atom is -0.353 e. The normalized spacial score (nSPS) is 19.9. The molecule has 0 aromatic heterocycles. The summed E-state index contributed by atoms with van der Waals surface area (Å²) in [6, 6.07) is 9.93. The van der Waals surface area contributed by atoms with Gasteiger partial charge in [-0.2, -0.15) is 0 Å². The van der Waals surface area contributed by atoms with E-state index in [1.807, 2.05) is 30.3 Å². The molecule has 1 aromatic carbocycles. The molecule has 0 bridgehead atoms. The lowest BCUT2D eigenvalue weighted by Gasteiger charge is -2.21. The molecule has 0 spiro atoms. The highest BCUT2D eigenvalue weighted by atomic mass is 16.7. The van der Waals surface area contributed by atoms with Gasteiger partial charge in [-0.15, -0.1) is 0 Å². The van der Waals surface area contributed by atoms with Crippen LogP contribution in [0.25, 0.3) is 0 Å². The fourth-order valence-corrected chi connectivity index (χ4v) is 1.64. The lowest BCUT2D eigenvalue weighted by molar-refractivity contribution is -0.154. The van der Waals surface area contributed by atoms with Gasteiger partial charge < -0.3 is 9.47 Å². The van der Waals surface area contributed by atoms with E-state index < -0.39 is 0 Å². The van der Waals surface area contributed by atoms with Crippen molar-refractivity contribution in [3.63, 3.8) is 0 Å². The zero-order valence-corrected chi connectivity index (χ0v) is 9.32. The first-order chi connectivity index (χ1) is 7.95. The third-order valence-electron chi connectivity index (χ3n) is 2.49. The third-order valence-corrected chi connectivity index (χ3v) is 2.49. The second kappa shape index (κ2) is 6.32. The van der Waals surface area contributed by atoms with E-state index in [0.29, 0.717) is 6.61 Å². The Balaban J connectivity index is 1.73. The quantitative estimate of drug-likeness (QED) is 0.707. The van der Waals surface area contributed by atoms with Gasteiger partial charge in [0.15, 0.2) is 6.29 Å². The first kappa shape index (κ1) is 11.2. The zero-order valence-electron chi connectivity index (χ0n) is 9.32. The summed E-state index contributed by atoms with van der Waals surface area (Å²) >= 11 is 0. The summed E-state index contributed by atoms with van der Waals surface area (Å²) in [6.45, 7) is 1.26. The van der Waals surface area contributed by atoms with Crippen LogP contribution in [0.2, 0.25) is 0 Å². The first-order valence-electron chi connectivity index (χ1n) is 5.72. The second-order valence-corrected chi connectivity index (χ2v) is 3.77. The molecule has 2 nitrogen and oxygen atoms in total. The molecule has 1 fully saturated rings. The molecule has 1 heterocycles. The van der Waals surface area contributed by atoms with Crippen molar-refractivity contribution in [2.75, 3.05) is 13.2 Å². The smallest absolute Gasteiger partial charge is 0.158 e. The molecule has 1 saturated heterocycles. The van der Waals surface area contributed by atoms with E-state index in [1.165, 1.54) is 6.42 Å². The third kappa shape index (κ3) is 3.69. The first-order valence-corrected chi connectivity index (χ1v) is 5.72. The Bertz CT molecular complexity index is 355. The van der Waals surface area contributed by atoms with Crippen LogP contribution in [0.5, 0.6) is 0 Å². The van der Waals surface area contributed by atoms with Crippen molar-refractivity contribution in [2.24, 2.45) is 0 Å². The van der Waals surface area contributed by atoms with Crippen molar-refractivity contribution in [2.45, 2.75) is 25.6 Å². The number of rotatable bonds is 2. The van der Waals surface area contributed by atoms with Crippen molar-refractivity contribution < 1.29 is 9.47 Å². The van der Waals surface area contributed by atoms with Gasteiger partial charge in [0.1, 0.15) is 6.61 Å². The SMILES string of the molecule is C(#Cc1ccccc1)COC1CCCCO1. The van der Waals surface area contributed by atoms with Crippen molar-refractivity contribution in [3.05, 3.63) is 35.9 Å². The number of hydrogen-bond acceptors (Lipinski definition) is 2. The summed E-state index contributed by atoms with van der Waals surface area (Å²) in [5.41, 5.74) is 1.02. The van der Waals surface area contributed by atoms with Gasteiger partial charge in [-0.1, -0.05) is 30.0 Å². The standard InChI is InChI=1S/C14H16O2/c1-2-7-13(8-3-1)9-6-12-16-14-10-4-5-11-15-14/h1-3,7-8,14H,4-5,10-12H2. The largest absolute Gasteiger partial charge is 0.353 e.